The molecule has 0 saturated carbocycles. The molecule has 3 nitrogen and oxygen atoms in total. The molecule has 0 aliphatic carbocycles. The van der Waals surface area contributed by atoms with E-state index in [2.05, 4.69) is 22.6 Å². The molecule has 2 aromatic carbocycles. The van der Waals surface area contributed by atoms with E-state index < -0.39 is 0 Å². The predicted molar refractivity (Wildman–Crippen MR) is 80.6 cm³/mol. The van der Waals surface area contributed by atoms with Crippen molar-refractivity contribution in [1.82, 2.24) is 5.32 Å². The number of nitrogens with zero attached hydrogens (tertiary/aromatic N) is 1. The highest BCUT2D eigenvalue weighted by Gasteiger charge is 2.21. The minimum atomic E-state index is -0.237. The first-order valence-electron chi connectivity index (χ1n) is 7.04. The molecule has 1 aliphatic rings. The maximum atomic E-state index is 12.9. The van der Waals surface area contributed by atoms with Gasteiger partial charge in [-0.25, -0.2) is 4.39 Å². The van der Waals surface area contributed by atoms with Crippen LogP contribution in [0.25, 0.3) is 0 Å². The van der Waals surface area contributed by atoms with Crippen molar-refractivity contribution < 1.29 is 9.23 Å². The van der Waals surface area contributed by atoms with Crippen molar-refractivity contribution in [3.05, 3.63) is 71.5 Å². The molecule has 0 fully saturated rings. The van der Waals surface area contributed by atoms with Crippen LogP contribution in [0.5, 0.6) is 0 Å². The Morgan fingerprint density at radius 3 is 2.62 bits per heavy atom. The van der Waals surface area contributed by atoms with Crippen LogP contribution in [0.1, 0.15) is 17.5 Å². The van der Waals surface area contributed by atoms with E-state index in [9.17, 15) is 4.39 Å². The average molecular weight is 284 g/mol. The van der Waals surface area contributed by atoms with Crippen LogP contribution in [0.4, 0.5) is 4.39 Å². The van der Waals surface area contributed by atoms with Crippen molar-refractivity contribution in [2.45, 2.75) is 19.1 Å². The number of nitrogens with one attached hydrogen (secondary N) is 1. The summed E-state index contributed by atoms with van der Waals surface area (Å²) in [4.78, 5) is 5.42. The molecule has 0 spiro atoms. The number of hydrogen-bond donors (Lipinski definition) is 1. The van der Waals surface area contributed by atoms with Gasteiger partial charge < -0.3 is 10.2 Å². The van der Waals surface area contributed by atoms with E-state index in [1.54, 1.807) is 12.1 Å². The zero-order chi connectivity index (χ0) is 14.5. The van der Waals surface area contributed by atoms with E-state index in [-0.39, 0.29) is 11.9 Å². The fourth-order valence-electron chi connectivity index (χ4n) is 2.32. The molecule has 3 rings (SSSR count). The molecule has 0 aromatic heterocycles. The first-order chi connectivity index (χ1) is 10.3. The lowest BCUT2D eigenvalue weighted by molar-refractivity contribution is 0.0848. The summed E-state index contributed by atoms with van der Waals surface area (Å²) in [5, 5.41) is 7.46. The maximum absolute atomic E-state index is 12.9. The van der Waals surface area contributed by atoms with Gasteiger partial charge in [0.1, 0.15) is 11.9 Å². The van der Waals surface area contributed by atoms with E-state index in [4.69, 9.17) is 4.84 Å². The Bertz CT molecular complexity index is 610. The predicted octanol–water partition coefficient (Wildman–Crippen LogP) is 3.11. The Morgan fingerprint density at radius 1 is 1.10 bits per heavy atom. The molecular formula is C17H17FN2O. The first kappa shape index (κ1) is 13.8. The van der Waals surface area contributed by atoms with Crippen LogP contribution in [0.3, 0.4) is 0 Å². The molecular weight excluding hydrogens is 267 g/mol. The van der Waals surface area contributed by atoms with Gasteiger partial charge in [-0.2, -0.15) is 0 Å². The summed E-state index contributed by atoms with van der Waals surface area (Å²) in [6.07, 6.45) is 0.779. The molecule has 0 radical (unpaired) electrons. The molecule has 21 heavy (non-hydrogen) atoms. The fraction of sp³-hybridized carbons (Fsp3) is 0.235. The third-order valence-electron chi connectivity index (χ3n) is 3.45. The summed E-state index contributed by atoms with van der Waals surface area (Å²) in [7, 11) is 0. The topological polar surface area (TPSA) is 33.6 Å². The molecule has 1 unspecified atom stereocenters. The van der Waals surface area contributed by atoms with E-state index in [1.165, 1.54) is 17.7 Å². The summed E-state index contributed by atoms with van der Waals surface area (Å²) in [6.45, 7) is 1.55. The van der Waals surface area contributed by atoms with Gasteiger partial charge in [-0.1, -0.05) is 47.6 Å². The SMILES string of the molecule is Fc1ccc(C2=NOC(CNCc3ccccc3)C2)cc1. The molecule has 2 aromatic rings. The fourth-order valence-corrected chi connectivity index (χ4v) is 2.32. The lowest BCUT2D eigenvalue weighted by Crippen LogP contribution is -2.26. The zero-order valence-electron chi connectivity index (χ0n) is 11.6. The van der Waals surface area contributed by atoms with Gasteiger partial charge in [-0.05, 0) is 23.3 Å². The van der Waals surface area contributed by atoms with Crippen molar-refractivity contribution in [2.24, 2.45) is 5.16 Å². The minimum Gasteiger partial charge on any atom is -0.390 e. The second kappa shape index (κ2) is 6.50. The molecule has 1 heterocycles. The molecule has 0 saturated heterocycles. The Morgan fingerprint density at radius 2 is 1.86 bits per heavy atom. The van der Waals surface area contributed by atoms with Crippen molar-refractivity contribution in [3.63, 3.8) is 0 Å². The van der Waals surface area contributed by atoms with Gasteiger partial charge in [-0.15, -0.1) is 0 Å². The van der Waals surface area contributed by atoms with Crippen LogP contribution in [0, 0.1) is 5.82 Å². The number of rotatable bonds is 5. The number of benzene rings is 2. The summed E-state index contributed by atoms with van der Waals surface area (Å²) in [5.41, 5.74) is 3.04. The lowest BCUT2D eigenvalue weighted by Gasteiger charge is -2.09. The van der Waals surface area contributed by atoms with Crippen LogP contribution in [-0.4, -0.2) is 18.4 Å². The highest BCUT2D eigenvalue weighted by atomic mass is 19.1. The molecule has 1 atom stereocenters. The molecule has 0 bridgehead atoms. The van der Waals surface area contributed by atoms with Gasteiger partial charge in [-0.3, -0.25) is 0 Å². The first-order valence-corrected chi connectivity index (χ1v) is 7.04. The second-order valence-corrected chi connectivity index (χ2v) is 5.09. The average Bonchev–Trinajstić information content (AvgIpc) is 2.98. The van der Waals surface area contributed by atoms with Gasteiger partial charge in [0.05, 0.1) is 5.71 Å². The van der Waals surface area contributed by atoms with Crippen molar-refractivity contribution >= 4 is 5.71 Å². The maximum Gasteiger partial charge on any atom is 0.145 e. The standard InChI is InChI=1S/C17H17FN2O/c18-15-8-6-14(7-9-15)17-10-16(21-20-17)12-19-11-13-4-2-1-3-5-13/h1-9,16,19H,10-12H2. The Balaban J connectivity index is 1.47. The molecule has 0 amide bonds. The summed E-state index contributed by atoms with van der Waals surface area (Å²) < 4.78 is 12.9. The Labute approximate surface area is 123 Å². The normalized spacial score (nSPS) is 17.4. The van der Waals surface area contributed by atoms with E-state index >= 15 is 0 Å². The molecule has 1 N–H and O–H groups in total. The number of halogens is 1. The van der Waals surface area contributed by atoms with Crippen LogP contribution in [0.15, 0.2) is 59.8 Å². The van der Waals surface area contributed by atoms with E-state index in [0.29, 0.717) is 0 Å². The van der Waals surface area contributed by atoms with E-state index in [1.807, 2.05) is 18.2 Å². The third kappa shape index (κ3) is 3.67. The van der Waals surface area contributed by atoms with Crippen LogP contribution >= 0.6 is 0 Å². The van der Waals surface area contributed by atoms with Gasteiger partial charge >= 0.3 is 0 Å². The number of oxime groups is 1. The minimum absolute atomic E-state index is 0.0359. The Hall–Kier alpha value is -2.20. The highest BCUT2D eigenvalue weighted by Crippen LogP contribution is 2.16. The summed E-state index contributed by atoms with van der Waals surface area (Å²) >= 11 is 0. The van der Waals surface area contributed by atoms with Gasteiger partial charge in [0.2, 0.25) is 0 Å². The smallest absolute Gasteiger partial charge is 0.145 e. The van der Waals surface area contributed by atoms with Gasteiger partial charge in [0.25, 0.3) is 0 Å². The summed E-state index contributed by atoms with van der Waals surface area (Å²) in [5.74, 6) is -0.237. The van der Waals surface area contributed by atoms with Crippen molar-refractivity contribution in [2.75, 3.05) is 6.54 Å². The Kier molecular flexibility index (Phi) is 4.26. The third-order valence-corrected chi connectivity index (χ3v) is 3.45. The second-order valence-electron chi connectivity index (χ2n) is 5.09. The largest absolute Gasteiger partial charge is 0.390 e. The zero-order valence-corrected chi connectivity index (χ0v) is 11.6. The van der Waals surface area contributed by atoms with Crippen molar-refractivity contribution in [3.8, 4) is 0 Å². The van der Waals surface area contributed by atoms with Crippen LogP contribution in [0.2, 0.25) is 0 Å². The lowest BCUT2D eigenvalue weighted by atomic mass is 10.1. The molecule has 4 heteroatoms. The quantitative estimate of drug-likeness (QED) is 0.915. The van der Waals surface area contributed by atoms with Crippen molar-refractivity contribution in [1.29, 1.82) is 0 Å². The number of hydrogen-bond acceptors (Lipinski definition) is 3. The monoisotopic (exact) mass is 284 g/mol. The van der Waals surface area contributed by atoms with E-state index in [0.717, 1.165) is 30.8 Å². The van der Waals surface area contributed by atoms with Crippen LogP contribution in [-0.2, 0) is 11.4 Å². The van der Waals surface area contributed by atoms with Gasteiger partial charge in [0, 0.05) is 19.5 Å². The molecule has 108 valence electrons. The summed E-state index contributed by atoms with van der Waals surface area (Å²) in [6, 6.07) is 16.6. The van der Waals surface area contributed by atoms with Crippen LogP contribution < -0.4 is 5.32 Å². The van der Waals surface area contributed by atoms with Gasteiger partial charge in [0.15, 0.2) is 0 Å². The molecule has 1 aliphatic heterocycles. The highest BCUT2D eigenvalue weighted by molar-refractivity contribution is 6.01.